The van der Waals surface area contributed by atoms with Gasteiger partial charge in [-0.25, -0.2) is 0 Å². The van der Waals surface area contributed by atoms with Crippen molar-refractivity contribution in [3.63, 3.8) is 0 Å². The van der Waals surface area contributed by atoms with Crippen LogP contribution in [0.4, 0.5) is 17.1 Å². The van der Waals surface area contributed by atoms with Crippen molar-refractivity contribution in [3.05, 3.63) is 222 Å². The van der Waals surface area contributed by atoms with Crippen molar-refractivity contribution in [2.24, 2.45) is 0 Å². The zero-order valence-electron chi connectivity index (χ0n) is 29.9. The van der Waals surface area contributed by atoms with Gasteiger partial charge in [0.05, 0.1) is 11.1 Å². The first kappa shape index (κ1) is 30.7. The third-order valence-electron chi connectivity index (χ3n) is 12.1. The minimum absolute atomic E-state index is 0.545. The van der Waals surface area contributed by atoms with Crippen molar-refractivity contribution in [2.45, 2.75) is 5.41 Å². The Morgan fingerprint density at radius 3 is 1.71 bits per heavy atom. The van der Waals surface area contributed by atoms with Gasteiger partial charge in [0.2, 0.25) is 0 Å². The van der Waals surface area contributed by atoms with Gasteiger partial charge < -0.3 is 4.90 Å². The number of para-hydroxylation sites is 1. The van der Waals surface area contributed by atoms with E-state index in [2.05, 4.69) is 205 Å². The molecule has 1 nitrogen and oxygen atoms in total. The minimum atomic E-state index is -0.545. The van der Waals surface area contributed by atoms with Crippen LogP contribution in [0.1, 0.15) is 22.3 Å². The number of nitrogens with zero attached hydrogens (tertiary/aromatic N) is 1. The van der Waals surface area contributed by atoms with Crippen LogP contribution < -0.4 is 4.90 Å². The monoisotopic (exact) mass is 715 g/mol. The van der Waals surface area contributed by atoms with Gasteiger partial charge in [-0.2, -0.15) is 0 Å². The second-order valence-corrected chi connectivity index (χ2v) is 15.9. The molecule has 2 aliphatic carbocycles. The van der Waals surface area contributed by atoms with Gasteiger partial charge in [-0.3, -0.25) is 0 Å². The smallest absolute Gasteiger partial charge is 0.0726 e. The van der Waals surface area contributed by atoms with Crippen molar-refractivity contribution in [1.82, 2.24) is 0 Å². The van der Waals surface area contributed by atoms with Crippen molar-refractivity contribution < 1.29 is 0 Å². The molecule has 0 saturated carbocycles. The van der Waals surface area contributed by atoms with E-state index in [-0.39, 0.29) is 0 Å². The Bertz CT molecular complexity index is 3170. The van der Waals surface area contributed by atoms with Gasteiger partial charge in [-0.05, 0) is 110 Å². The molecule has 1 heterocycles. The zero-order chi connectivity index (χ0) is 36.1. The third kappa shape index (κ3) is 4.23. The van der Waals surface area contributed by atoms with Gasteiger partial charge in [0.1, 0.15) is 0 Å². The molecule has 1 aromatic heterocycles. The zero-order valence-corrected chi connectivity index (χ0v) is 30.7. The summed E-state index contributed by atoms with van der Waals surface area (Å²) in [5.74, 6) is 0. The Kier molecular flexibility index (Phi) is 6.49. The molecule has 0 radical (unpaired) electrons. The summed E-state index contributed by atoms with van der Waals surface area (Å²) < 4.78 is 2.66. The molecule has 0 bridgehead atoms. The number of thiophene rings is 1. The number of hydrogen-bond acceptors (Lipinski definition) is 2. The fourth-order valence-corrected chi connectivity index (χ4v) is 11.0. The van der Waals surface area contributed by atoms with E-state index in [1.165, 1.54) is 86.6 Å². The van der Waals surface area contributed by atoms with Gasteiger partial charge in [0.15, 0.2) is 0 Å². The molecule has 0 saturated heterocycles. The predicted molar refractivity (Wildman–Crippen MR) is 233 cm³/mol. The van der Waals surface area contributed by atoms with Crippen LogP contribution >= 0.6 is 11.3 Å². The number of fused-ring (bicyclic) bond motifs is 16. The quantitative estimate of drug-likeness (QED) is 0.176. The van der Waals surface area contributed by atoms with Crippen LogP contribution in [0.5, 0.6) is 0 Å². The van der Waals surface area contributed by atoms with Crippen molar-refractivity contribution in [1.29, 1.82) is 0 Å². The highest BCUT2D eigenvalue weighted by Gasteiger charge is 2.50. The van der Waals surface area contributed by atoms with E-state index in [0.29, 0.717) is 0 Å². The van der Waals surface area contributed by atoms with Crippen LogP contribution in [0.2, 0.25) is 0 Å². The summed E-state index contributed by atoms with van der Waals surface area (Å²) in [7, 11) is 0. The summed E-state index contributed by atoms with van der Waals surface area (Å²) in [6.07, 6.45) is 0. The Balaban J connectivity index is 1.22. The molecule has 0 aliphatic heterocycles. The van der Waals surface area contributed by atoms with Crippen LogP contribution in [-0.2, 0) is 5.41 Å². The molecular weight excluding hydrogens is 683 g/mol. The summed E-state index contributed by atoms with van der Waals surface area (Å²) in [6, 6.07) is 74.7. The SMILES string of the molecule is c1ccc(N(c2ccc3c(c2)-c2ccccc2-c2ccccc2C32c3ccccc3-c3cc4c(cc32)sc2ccccc24)c2cccc3ccccc23)cc1. The van der Waals surface area contributed by atoms with Crippen molar-refractivity contribution >= 4 is 59.3 Å². The van der Waals surface area contributed by atoms with E-state index >= 15 is 0 Å². The van der Waals surface area contributed by atoms with Gasteiger partial charge in [-0.15, -0.1) is 11.3 Å². The number of rotatable bonds is 3. The molecule has 0 N–H and O–H groups in total. The molecule has 256 valence electrons. The van der Waals surface area contributed by atoms with Crippen LogP contribution in [0.25, 0.3) is 64.3 Å². The maximum atomic E-state index is 2.53. The molecule has 1 atom stereocenters. The Morgan fingerprint density at radius 2 is 0.909 bits per heavy atom. The second kappa shape index (κ2) is 11.6. The minimum Gasteiger partial charge on any atom is -0.310 e. The predicted octanol–water partition coefficient (Wildman–Crippen LogP) is 14.7. The first-order valence-electron chi connectivity index (χ1n) is 19.0. The van der Waals surface area contributed by atoms with E-state index < -0.39 is 5.41 Å². The Hall–Kier alpha value is -6.74. The molecule has 1 unspecified atom stereocenters. The molecular formula is C53H33NS. The summed E-state index contributed by atoms with van der Waals surface area (Å²) in [5, 5.41) is 5.11. The van der Waals surface area contributed by atoms with Crippen LogP contribution in [0, 0.1) is 0 Å². The van der Waals surface area contributed by atoms with Gasteiger partial charge in [-0.1, -0.05) is 152 Å². The van der Waals surface area contributed by atoms with E-state index in [1.807, 2.05) is 11.3 Å². The van der Waals surface area contributed by atoms with E-state index in [0.717, 1.165) is 17.1 Å². The highest BCUT2D eigenvalue weighted by atomic mass is 32.1. The number of anilines is 3. The fraction of sp³-hybridized carbons (Fsp3) is 0.0189. The largest absolute Gasteiger partial charge is 0.310 e. The maximum Gasteiger partial charge on any atom is 0.0726 e. The molecule has 2 heteroatoms. The lowest BCUT2D eigenvalue weighted by atomic mass is 9.66. The molecule has 1 spiro atoms. The number of benzene rings is 9. The maximum absolute atomic E-state index is 2.53. The average Bonchev–Trinajstić information content (AvgIpc) is 3.73. The molecule has 9 aromatic carbocycles. The molecule has 10 aromatic rings. The first-order chi connectivity index (χ1) is 27.3. The topological polar surface area (TPSA) is 3.24 Å². The fourth-order valence-electron chi connectivity index (χ4n) is 9.85. The van der Waals surface area contributed by atoms with Gasteiger partial charge >= 0.3 is 0 Å². The first-order valence-corrected chi connectivity index (χ1v) is 19.8. The lowest BCUT2D eigenvalue weighted by Gasteiger charge is -2.36. The van der Waals surface area contributed by atoms with E-state index in [1.54, 1.807) is 0 Å². The van der Waals surface area contributed by atoms with Crippen molar-refractivity contribution in [3.8, 4) is 33.4 Å². The Morgan fingerprint density at radius 1 is 0.327 bits per heavy atom. The van der Waals surface area contributed by atoms with Crippen molar-refractivity contribution in [2.75, 3.05) is 4.90 Å². The highest BCUT2D eigenvalue weighted by molar-refractivity contribution is 7.25. The molecule has 12 rings (SSSR count). The highest BCUT2D eigenvalue weighted by Crippen LogP contribution is 2.63. The summed E-state index contributed by atoms with van der Waals surface area (Å²) in [6.45, 7) is 0. The molecule has 0 fully saturated rings. The summed E-state index contributed by atoms with van der Waals surface area (Å²) >= 11 is 1.90. The average molecular weight is 716 g/mol. The molecule has 0 amide bonds. The van der Waals surface area contributed by atoms with Crippen LogP contribution in [-0.4, -0.2) is 0 Å². The third-order valence-corrected chi connectivity index (χ3v) is 13.2. The lowest BCUT2D eigenvalue weighted by molar-refractivity contribution is 0.776. The molecule has 55 heavy (non-hydrogen) atoms. The Labute approximate surface area is 324 Å². The van der Waals surface area contributed by atoms with Gasteiger partial charge in [0, 0.05) is 36.9 Å². The van der Waals surface area contributed by atoms with E-state index in [9.17, 15) is 0 Å². The van der Waals surface area contributed by atoms with E-state index in [4.69, 9.17) is 0 Å². The van der Waals surface area contributed by atoms with Crippen LogP contribution in [0.3, 0.4) is 0 Å². The lowest BCUT2D eigenvalue weighted by Crippen LogP contribution is -2.29. The standard InChI is InChI=1S/C53H33NS/c1-2-17-35(18-3-1)54(50-27-14-16-34-15-4-5-19-37(34)50)36-29-30-48-43(31-36)39-21-7-6-20-38(39)40-22-8-11-25-46(40)53(48)47-26-12-9-23-41(47)44-32-45-42-24-10-13-28-51(42)55-52(45)33-49(44)53/h1-33H. The van der Waals surface area contributed by atoms with Crippen LogP contribution in [0.15, 0.2) is 200 Å². The van der Waals surface area contributed by atoms with Gasteiger partial charge in [0.25, 0.3) is 0 Å². The normalized spacial score (nSPS) is 15.0. The second-order valence-electron chi connectivity index (χ2n) is 14.8. The summed E-state index contributed by atoms with van der Waals surface area (Å²) in [4.78, 5) is 2.44. The summed E-state index contributed by atoms with van der Waals surface area (Å²) in [5.41, 5.74) is 15.9. The number of hydrogen-bond donors (Lipinski definition) is 0. The molecule has 2 aliphatic rings.